The number of Topliss-reactive ketones (excluding diaryl/α,β-unsaturated/α-hetero) is 1. The van der Waals surface area contributed by atoms with E-state index in [9.17, 15) is 14.7 Å². The molecule has 0 aliphatic carbocycles. The molecule has 218 valence electrons. The number of thiazole rings is 1. The Balaban J connectivity index is 1.66. The van der Waals surface area contributed by atoms with Crippen LogP contribution < -0.4 is 23.8 Å². The predicted molar refractivity (Wildman–Crippen MR) is 162 cm³/mol. The molecule has 0 spiro atoms. The van der Waals surface area contributed by atoms with Crippen LogP contribution in [-0.4, -0.2) is 49.2 Å². The Bertz CT molecular complexity index is 1640. The maximum absolute atomic E-state index is 13.7. The molecule has 1 aliphatic heterocycles. The monoisotopic (exact) mass is 588 g/mol. The molecule has 1 unspecified atom stereocenters. The molecular formula is C32H32N2O7S. The van der Waals surface area contributed by atoms with Gasteiger partial charge in [-0.05, 0) is 73.5 Å². The first-order chi connectivity index (χ1) is 20.4. The van der Waals surface area contributed by atoms with Crippen molar-refractivity contribution in [2.45, 2.75) is 32.7 Å². The van der Waals surface area contributed by atoms with Gasteiger partial charge in [-0.15, -0.1) is 0 Å². The first-order valence-corrected chi connectivity index (χ1v) is 14.5. The molecule has 1 fully saturated rings. The molecule has 5 rings (SSSR count). The fourth-order valence-corrected chi connectivity index (χ4v) is 5.82. The predicted octanol–water partition coefficient (Wildman–Crippen LogP) is 6.52. The molecule has 10 heteroatoms. The van der Waals surface area contributed by atoms with Crippen molar-refractivity contribution in [3.8, 4) is 23.0 Å². The van der Waals surface area contributed by atoms with Crippen molar-refractivity contribution in [3.63, 3.8) is 0 Å². The van der Waals surface area contributed by atoms with Crippen LogP contribution in [0.1, 0.15) is 43.9 Å². The number of anilines is 1. The van der Waals surface area contributed by atoms with Crippen LogP contribution in [0.3, 0.4) is 0 Å². The standard InChI is InChI=1S/C32H32N2O7S/c1-5-7-16-41-24-15-10-20(17-25(24)39-4)28-27(29(35)19-8-11-21(38-3)12-9-19)30(36)31(37)34(28)32-33-23-14-13-22(40-6-2)18-26(23)42-32/h8-15,17-18,28,35H,5-7,16H2,1-4H3. The zero-order chi connectivity index (χ0) is 29.8. The van der Waals surface area contributed by atoms with Gasteiger partial charge in [-0.2, -0.15) is 0 Å². The number of methoxy groups -OCH3 is 2. The van der Waals surface area contributed by atoms with Crippen molar-refractivity contribution >= 4 is 44.1 Å². The van der Waals surface area contributed by atoms with E-state index >= 15 is 0 Å². The molecule has 9 nitrogen and oxygen atoms in total. The Labute approximate surface area is 247 Å². The van der Waals surface area contributed by atoms with Gasteiger partial charge in [-0.25, -0.2) is 4.98 Å². The molecule has 0 bridgehead atoms. The van der Waals surface area contributed by atoms with Gasteiger partial charge in [0.1, 0.15) is 17.3 Å². The Morgan fingerprint density at radius 1 is 0.929 bits per heavy atom. The van der Waals surface area contributed by atoms with E-state index in [1.54, 1.807) is 49.6 Å². The highest BCUT2D eigenvalue weighted by Gasteiger charge is 2.48. The topological polar surface area (TPSA) is 107 Å². The normalized spacial score (nSPS) is 16.2. The first kappa shape index (κ1) is 28.9. The third kappa shape index (κ3) is 5.49. The average Bonchev–Trinajstić information content (AvgIpc) is 3.54. The van der Waals surface area contributed by atoms with Gasteiger partial charge in [-0.3, -0.25) is 14.5 Å². The van der Waals surface area contributed by atoms with Gasteiger partial charge < -0.3 is 24.1 Å². The molecule has 3 aromatic carbocycles. The number of ketones is 1. The summed E-state index contributed by atoms with van der Waals surface area (Å²) < 4.78 is 23.2. The summed E-state index contributed by atoms with van der Waals surface area (Å²) >= 11 is 1.27. The smallest absolute Gasteiger partial charge is 0.301 e. The third-order valence-corrected chi connectivity index (χ3v) is 7.95. The fraction of sp³-hybridized carbons (Fsp3) is 0.281. The number of aliphatic hydroxyl groups is 1. The quantitative estimate of drug-likeness (QED) is 0.0914. The van der Waals surface area contributed by atoms with Crippen LogP contribution in [-0.2, 0) is 9.59 Å². The molecule has 1 aliphatic rings. The van der Waals surface area contributed by atoms with Crippen molar-refractivity contribution in [2.75, 3.05) is 32.3 Å². The molecule has 42 heavy (non-hydrogen) atoms. The lowest BCUT2D eigenvalue weighted by Gasteiger charge is -2.24. The van der Waals surface area contributed by atoms with Gasteiger partial charge >= 0.3 is 5.91 Å². The molecule has 1 saturated heterocycles. The largest absolute Gasteiger partial charge is 0.507 e. The van der Waals surface area contributed by atoms with E-state index in [2.05, 4.69) is 6.92 Å². The van der Waals surface area contributed by atoms with Gasteiger partial charge in [0.05, 0.1) is 49.3 Å². The van der Waals surface area contributed by atoms with Gasteiger partial charge in [-0.1, -0.05) is 30.7 Å². The van der Waals surface area contributed by atoms with Crippen molar-refractivity contribution in [1.82, 2.24) is 4.98 Å². The number of aromatic nitrogens is 1. The van der Waals surface area contributed by atoms with Crippen molar-refractivity contribution < 1.29 is 33.6 Å². The van der Waals surface area contributed by atoms with Crippen LogP contribution in [0.4, 0.5) is 5.13 Å². The summed E-state index contributed by atoms with van der Waals surface area (Å²) in [6.45, 7) is 5.02. The molecule has 1 aromatic heterocycles. The van der Waals surface area contributed by atoms with Crippen molar-refractivity contribution in [1.29, 1.82) is 0 Å². The molecule has 1 atom stereocenters. The van der Waals surface area contributed by atoms with Gasteiger partial charge in [0.25, 0.3) is 5.78 Å². The summed E-state index contributed by atoms with van der Waals surface area (Å²) in [5.41, 5.74) is 1.53. The lowest BCUT2D eigenvalue weighted by atomic mass is 9.95. The second-order valence-electron chi connectivity index (χ2n) is 9.57. The molecular weight excluding hydrogens is 556 g/mol. The molecule has 4 aromatic rings. The summed E-state index contributed by atoms with van der Waals surface area (Å²) in [6, 6.07) is 16.4. The number of amides is 1. The molecule has 1 N–H and O–H groups in total. The highest BCUT2D eigenvalue weighted by Crippen LogP contribution is 2.46. The highest BCUT2D eigenvalue weighted by atomic mass is 32.1. The van der Waals surface area contributed by atoms with Gasteiger partial charge in [0, 0.05) is 5.56 Å². The zero-order valence-corrected chi connectivity index (χ0v) is 24.7. The number of unbranched alkanes of at least 4 members (excludes halogenated alkanes) is 1. The van der Waals surface area contributed by atoms with Crippen molar-refractivity contribution in [2.24, 2.45) is 0 Å². The number of hydrogen-bond acceptors (Lipinski definition) is 9. The maximum atomic E-state index is 13.7. The number of nitrogens with zero attached hydrogens (tertiary/aromatic N) is 2. The Morgan fingerprint density at radius 3 is 2.38 bits per heavy atom. The van der Waals surface area contributed by atoms with Gasteiger partial charge in [0.2, 0.25) is 0 Å². The van der Waals surface area contributed by atoms with E-state index in [4.69, 9.17) is 23.9 Å². The van der Waals surface area contributed by atoms with Crippen LogP contribution in [0, 0.1) is 0 Å². The SMILES string of the molecule is CCCCOc1ccc(C2C(=C(O)c3ccc(OC)cc3)C(=O)C(=O)N2c2nc3ccc(OCC)cc3s2)cc1OC. The summed E-state index contributed by atoms with van der Waals surface area (Å²) in [7, 11) is 3.07. The van der Waals surface area contributed by atoms with Crippen LogP contribution in [0.15, 0.2) is 66.2 Å². The highest BCUT2D eigenvalue weighted by molar-refractivity contribution is 7.22. The van der Waals surface area contributed by atoms with E-state index in [-0.39, 0.29) is 11.3 Å². The number of carbonyl (C=O) groups excluding carboxylic acids is 2. The van der Waals surface area contributed by atoms with Crippen LogP contribution in [0.5, 0.6) is 23.0 Å². The minimum atomic E-state index is -0.974. The van der Waals surface area contributed by atoms with E-state index in [0.717, 1.165) is 17.5 Å². The van der Waals surface area contributed by atoms with E-state index in [1.165, 1.54) is 23.3 Å². The summed E-state index contributed by atoms with van der Waals surface area (Å²) in [4.78, 5) is 33.3. The molecule has 2 heterocycles. The second-order valence-corrected chi connectivity index (χ2v) is 10.6. The minimum absolute atomic E-state index is 0.0545. The number of benzene rings is 3. The number of carbonyl (C=O) groups is 2. The number of ether oxygens (including phenoxy) is 4. The number of rotatable bonds is 11. The number of aliphatic hydroxyl groups excluding tert-OH is 1. The molecule has 1 amide bonds. The lowest BCUT2D eigenvalue weighted by molar-refractivity contribution is -0.132. The second kappa shape index (κ2) is 12.5. The lowest BCUT2D eigenvalue weighted by Crippen LogP contribution is -2.29. The summed E-state index contributed by atoms with van der Waals surface area (Å²) in [5.74, 6) is 0.362. The minimum Gasteiger partial charge on any atom is -0.507 e. The van der Waals surface area contributed by atoms with Crippen LogP contribution in [0.25, 0.3) is 16.0 Å². The Morgan fingerprint density at radius 2 is 1.69 bits per heavy atom. The summed E-state index contributed by atoms with van der Waals surface area (Å²) in [5, 5.41) is 11.8. The number of hydrogen-bond donors (Lipinski definition) is 1. The average molecular weight is 589 g/mol. The Hall–Kier alpha value is -4.57. The van der Waals surface area contributed by atoms with Gasteiger partial charge in [0.15, 0.2) is 16.6 Å². The van der Waals surface area contributed by atoms with Crippen molar-refractivity contribution in [3.05, 3.63) is 77.4 Å². The fourth-order valence-electron chi connectivity index (χ4n) is 4.80. The van der Waals surface area contributed by atoms with E-state index in [0.29, 0.717) is 58.0 Å². The summed E-state index contributed by atoms with van der Waals surface area (Å²) in [6.07, 6.45) is 1.87. The molecule has 0 radical (unpaired) electrons. The van der Waals surface area contributed by atoms with Crippen LogP contribution >= 0.6 is 11.3 Å². The Kier molecular flexibility index (Phi) is 8.63. The molecule has 0 saturated carbocycles. The number of fused-ring (bicyclic) bond motifs is 1. The zero-order valence-electron chi connectivity index (χ0n) is 23.9. The van der Waals surface area contributed by atoms with Crippen LogP contribution in [0.2, 0.25) is 0 Å². The maximum Gasteiger partial charge on any atom is 0.301 e. The van der Waals surface area contributed by atoms with E-state index < -0.39 is 17.7 Å². The first-order valence-electron chi connectivity index (χ1n) is 13.7. The van der Waals surface area contributed by atoms with E-state index in [1.807, 2.05) is 25.1 Å². The third-order valence-electron chi connectivity index (χ3n) is 6.93.